The molecule has 2 saturated heterocycles. The molecular weight excluding hydrogens is 220 g/mol. The van der Waals surface area contributed by atoms with Crippen LogP contribution in [0, 0.1) is 0 Å². The second-order valence-electron chi connectivity index (χ2n) is 4.33. The maximum absolute atomic E-state index is 11.6. The summed E-state index contributed by atoms with van der Waals surface area (Å²) in [7, 11) is 0. The zero-order valence-corrected chi connectivity index (χ0v) is 9.37. The van der Waals surface area contributed by atoms with Crippen LogP contribution in [0.5, 0.6) is 0 Å². The van der Waals surface area contributed by atoms with E-state index >= 15 is 0 Å². The number of Topliss-reactive ketones (excluding diaryl/α,β-unsaturated/α-hetero) is 1. The van der Waals surface area contributed by atoms with Crippen LogP contribution in [0.3, 0.4) is 0 Å². The van der Waals surface area contributed by atoms with E-state index in [2.05, 4.69) is 0 Å². The van der Waals surface area contributed by atoms with Crippen molar-refractivity contribution < 1.29 is 19.0 Å². The first-order valence-electron chi connectivity index (χ1n) is 5.78. The molecule has 0 aromatic heterocycles. The molecular formula is C13H14O4. The Morgan fingerprint density at radius 3 is 2.94 bits per heavy atom. The van der Waals surface area contributed by atoms with Crippen LogP contribution in [0.2, 0.25) is 0 Å². The molecule has 1 aromatic carbocycles. The fourth-order valence-electron chi connectivity index (χ4n) is 2.13. The zero-order chi connectivity index (χ0) is 11.7. The quantitative estimate of drug-likeness (QED) is 0.790. The second kappa shape index (κ2) is 4.56. The van der Waals surface area contributed by atoms with E-state index in [0.717, 1.165) is 5.56 Å². The Bertz CT molecular complexity index is 403. The van der Waals surface area contributed by atoms with E-state index in [0.29, 0.717) is 19.6 Å². The summed E-state index contributed by atoms with van der Waals surface area (Å²) >= 11 is 0. The molecule has 2 aliphatic rings. The third-order valence-electron chi connectivity index (χ3n) is 3.08. The number of ketones is 1. The smallest absolute Gasteiger partial charge is 0.185 e. The van der Waals surface area contributed by atoms with Gasteiger partial charge in [0.25, 0.3) is 0 Å². The number of benzene rings is 1. The van der Waals surface area contributed by atoms with Crippen LogP contribution in [0.25, 0.3) is 0 Å². The summed E-state index contributed by atoms with van der Waals surface area (Å²) in [5.74, 6) is 0.0804. The molecule has 2 heterocycles. The number of hydrogen-bond donors (Lipinski definition) is 0. The highest BCUT2D eigenvalue weighted by Gasteiger charge is 2.43. The lowest BCUT2D eigenvalue weighted by atomic mass is 10.1. The van der Waals surface area contributed by atoms with Crippen molar-refractivity contribution in [2.45, 2.75) is 31.5 Å². The van der Waals surface area contributed by atoms with Crippen molar-refractivity contribution in [2.24, 2.45) is 0 Å². The van der Waals surface area contributed by atoms with Crippen molar-refractivity contribution in [1.29, 1.82) is 0 Å². The van der Waals surface area contributed by atoms with Gasteiger partial charge in [-0.25, -0.2) is 0 Å². The van der Waals surface area contributed by atoms with Crippen LogP contribution >= 0.6 is 0 Å². The van der Waals surface area contributed by atoms with E-state index in [4.69, 9.17) is 14.2 Å². The van der Waals surface area contributed by atoms with E-state index in [-0.39, 0.29) is 24.3 Å². The van der Waals surface area contributed by atoms with E-state index in [1.807, 2.05) is 30.3 Å². The van der Waals surface area contributed by atoms with Gasteiger partial charge in [-0.15, -0.1) is 0 Å². The Balaban J connectivity index is 1.60. The summed E-state index contributed by atoms with van der Waals surface area (Å²) in [4.78, 5) is 11.6. The Morgan fingerprint density at radius 1 is 1.29 bits per heavy atom. The minimum atomic E-state index is -0.374. The highest BCUT2D eigenvalue weighted by molar-refractivity contribution is 5.84. The number of carbonyl (C=O) groups is 1. The molecule has 4 heteroatoms. The van der Waals surface area contributed by atoms with Crippen molar-refractivity contribution in [3.05, 3.63) is 35.9 Å². The molecule has 0 saturated carbocycles. The first-order valence-corrected chi connectivity index (χ1v) is 5.78. The van der Waals surface area contributed by atoms with Gasteiger partial charge in [-0.1, -0.05) is 30.3 Å². The lowest BCUT2D eigenvalue weighted by Gasteiger charge is -2.26. The summed E-state index contributed by atoms with van der Waals surface area (Å²) in [6.45, 7) is 0.849. The predicted molar refractivity (Wildman–Crippen MR) is 59.3 cm³/mol. The molecule has 0 amide bonds. The molecule has 3 rings (SSSR count). The number of hydrogen-bond acceptors (Lipinski definition) is 4. The molecule has 2 bridgehead atoms. The van der Waals surface area contributed by atoms with E-state index in [1.54, 1.807) is 0 Å². The molecule has 0 radical (unpaired) electrons. The van der Waals surface area contributed by atoms with Gasteiger partial charge in [0, 0.05) is 6.42 Å². The van der Waals surface area contributed by atoms with Crippen molar-refractivity contribution >= 4 is 5.78 Å². The first kappa shape index (κ1) is 10.9. The van der Waals surface area contributed by atoms with E-state index in [1.165, 1.54) is 0 Å². The third-order valence-corrected chi connectivity index (χ3v) is 3.08. The van der Waals surface area contributed by atoms with Gasteiger partial charge in [0.05, 0.1) is 13.2 Å². The largest absolute Gasteiger partial charge is 0.368 e. The van der Waals surface area contributed by atoms with Gasteiger partial charge in [-0.05, 0) is 5.56 Å². The van der Waals surface area contributed by atoms with Gasteiger partial charge in [0.15, 0.2) is 12.1 Å². The molecule has 0 N–H and O–H groups in total. The predicted octanol–water partition coefficient (Wildman–Crippen LogP) is 1.29. The average molecular weight is 234 g/mol. The summed E-state index contributed by atoms with van der Waals surface area (Å²) < 4.78 is 16.5. The highest BCUT2D eigenvalue weighted by Crippen LogP contribution is 2.27. The van der Waals surface area contributed by atoms with E-state index in [9.17, 15) is 4.79 Å². The molecule has 17 heavy (non-hydrogen) atoms. The van der Waals surface area contributed by atoms with Crippen LogP contribution in [-0.2, 0) is 25.6 Å². The van der Waals surface area contributed by atoms with Crippen molar-refractivity contribution in [2.75, 3.05) is 6.61 Å². The molecule has 0 unspecified atom stereocenters. The lowest BCUT2D eigenvalue weighted by molar-refractivity contribution is -0.182. The van der Waals surface area contributed by atoms with Crippen LogP contribution in [0.1, 0.15) is 12.0 Å². The maximum Gasteiger partial charge on any atom is 0.185 e. The Hall–Kier alpha value is -1.23. The van der Waals surface area contributed by atoms with Gasteiger partial charge in [0.2, 0.25) is 0 Å². The monoisotopic (exact) mass is 234 g/mol. The average Bonchev–Trinajstić information content (AvgIpc) is 2.80. The van der Waals surface area contributed by atoms with Gasteiger partial charge in [0.1, 0.15) is 12.2 Å². The first-order chi connectivity index (χ1) is 8.33. The van der Waals surface area contributed by atoms with Crippen molar-refractivity contribution in [3.8, 4) is 0 Å². The van der Waals surface area contributed by atoms with Gasteiger partial charge in [-0.3, -0.25) is 4.79 Å². The van der Waals surface area contributed by atoms with Crippen LogP contribution in [0.15, 0.2) is 30.3 Å². The molecule has 2 fully saturated rings. The maximum atomic E-state index is 11.6. The minimum absolute atomic E-state index is 0.0804. The van der Waals surface area contributed by atoms with Crippen LogP contribution in [-0.4, -0.2) is 30.9 Å². The van der Waals surface area contributed by atoms with Crippen molar-refractivity contribution in [1.82, 2.24) is 0 Å². The molecule has 0 aliphatic carbocycles. The molecule has 4 nitrogen and oxygen atoms in total. The number of fused-ring (bicyclic) bond motifs is 2. The van der Waals surface area contributed by atoms with Gasteiger partial charge < -0.3 is 14.2 Å². The van der Waals surface area contributed by atoms with Crippen LogP contribution in [0.4, 0.5) is 0 Å². The molecule has 2 aliphatic heterocycles. The summed E-state index contributed by atoms with van der Waals surface area (Å²) in [5, 5.41) is 0. The molecule has 0 spiro atoms. The fourth-order valence-corrected chi connectivity index (χ4v) is 2.13. The van der Waals surface area contributed by atoms with Gasteiger partial charge >= 0.3 is 0 Å². The van der Waals surface area contributed by atoms with Crippen molar-refractivity contribution in [3.63, 3.8) is 0 Å². The molecule has 90 valence electrons. The van der Waals surface area contributed by atoms with E-state index < -0.39 is 0 Å². The third kappa shape index (κ3) is 2.24. The van der Waals surface area contributed by atoms with Gasteiger partial charge in [-0.2, -0.15) is 0 Å². The summed E-state index contributed by atoms with van der Waals surface area (Å²) in [5.41, 5.74) is 1.08. The lowest BCUT2D eigenvalue weighted by Crippen LogP contribution is -2.40. The molecule has 3 atom stereocenters. The Labute approximate surface area is 99.5 Å². The summed E-state index contributed by atoms with van der Waals surface area (Å²) in [6, 6.07) is 9.86. The van der Waals surface area contributed by atoms with Crippen LogP contribution < -0.4 is 0 Å². The Morgan fingerprint density at radius 2 is 2.12 bits per heavy atom. The topological polar surface area (TPSA) is 44.8 Å². The second-order valence-corrected chi connectivity index (χ2v) is 4.33. The normalized spacial score (nSPS) is 31.8. The standard InChI is InChI=1S/C13H14O4/c14-10-6-11(13-16-8-12(10)17-13)15-7-9-4-2-1-3-5-9/h1-5,11-13H,6-8H2/t11-,12-,13-/m1/s1. The number of rotatable bonds is 3. The number of carbonyl (C=O) groups excluding carboxylic acids is 1. The highest BCUT2D eigenvalue weighted by atomic mass is 16.7. The number of ether oxygens (including phenoxy) is 3. The minimum Gasteiger partial charge on any atom is -0.368 e. The summed E-state index contributed by atoms with van der Waals surface area (Å²) in [6.07, 6.45) is -0.623. The Kier molecular flexibility index (Phi) is 2.93. The zero-order valence-electron chi connectivity index (χ0n) is 9.37. The fraction of sp³-hybridized carbons (Fsp3) is 0.462. The molecule has 1 aromatic rings. The SMILES string of the molecule is O=C1C[C@@H](OCc2ccccc2)[C@@H]2OC[C@H]1O2.